The molecule has 0 N–H and O–H groups in total. The van der Waals surface area contributed by atoms with Crippen LogP contribution in [0.4, 0.5) is 0 Å². The van der Waals surface area contributed by atoms with Gasteiger partial charge in [0.05, 0.1) is 11.0 Å². The Morgan fingerprint density at radius 2 is 0.727 bits per heavy atom. The summed E-state index contributed by atoms with van der Waals surface area (Å²) in [7, 11) is 0. The molecule has 1 aliphatic rings. The van der Waals surface area contributed by atoms with E-state index in [1.807, 2.05) is 0 Å². The molecule has 0 unspecified atom stereocenters. The first-order chi connectivity index (χ1) is 21.8. The van der Waals surface area contributed by atoms with Gasteiger partial charge in [-0.2, -0.15) is 0 Å². The van der Waals surface area contributed by atoms with Crippen molar-refractivity contribution in [1.82, 2.24) is 9.13 Å². The summed E-state index contributed by atoms with van der Waals surface area (Å²) in [5, 5.41) is 2.63. The van der Waals surface area contributed by atoms with E-state index in [1.165, 1.54) is 77.9 Å². The summed E-state index contributed by atoms with van der Waals surface area (Å²) < 4.78 is 5.03. The summed E-state index contributed by atoms with van der Waals surface area (Å²) in [6.45, 7) is 0. The molecule has 0 fully saturated rings. The number of para-hydroxylation sites is 2. The highest BCUT2D eigenvalue weighted by atomic mass is 15.0. The fourth-order valence-corrected chi connectivity index (χ4v) is 7.35. The van der Waals surface area contributed by atoms with E-state index in [1.54, 1.807) is 0 Å². The van der Waals surface area contributed by atoms with Gasteiger partial charge in [0.2, 0.25) is 0 Å². The van der Waals surface area contributed by atoms with E-state index in [9.17, 15) is 0 Å². The lowest BCUT2D eigenvalue weighted by Crippen LogP contribution is -2.11. The normalized spacial score (nSPS) is 12.4. The minimum absolute atomic E-state index is 0.973. The summed E-state index contributed by atoms with van der Waals surface area (Å²) in [5.74, 6) is 0. The van der Waals surface area contributed by atoms with Crippen molar-refractivity contribution in [2.24, 2.45) is 0 Å². The van der Waals surface area contributed by atoms with Crippen LogP contribution in [0.25, 0.3) is 66.6 Å². The number of rotatable bonds is 4. The molecular weight excluding hydrogens is 532 g/mol. The van der Waals surface area contributed by atoms with Gasteiger partial charge in [0.25, 0.3) is 0 Å². The first kappa shape index (κ1) is 24.9. The summed E-state index contributed by atoms with van der Waals surface area (Å²) in [4.78, 5) is 0. The zero-order valence-corrected chi connectivity index (χ0v) is 24.3. The second-order valence-corrected chi connectivity index (χ2v) is 11.7. The topological polar surface area (TPSA) is 9.86 Å². The monoisotopic (exact) mass is 562 g/mol. The molecule has 208 valence electrons. The predicted molar refractivity (Wildman–Crippen MR) is 184 cm³/mol. The first-order valence-corrected chi connectivity index (χ1v) is 15.4. The van der Waals surface area contributed by atoms with E-state index in [-0.39, 0.29) is 0 Å². The molecule has 0 amide bonds. The van der Waals surface area contributed by atoms with Crippen molar-refractivity contribution in [3.8, 4) is 44.8 Å². The van der Waals surface area contributed by atoms with Gasteiger partial charge in [0.15, 0.2) is 0 Å². The highest BCUT2D eigenvalue weighted by Crippen LogP contribution is 2.47. The van der Waals surface area contributed by atoms with Crippen LogP contribution in [0.5, 0.6) is 0 Å². The Labute approximate surface area is 257 Å². The molecule has 6 aromatic carbocycles. The Kier molecular flexibility index (Phi) is 5.67. The molecule has 0 radical (unpaired) electrons. The number of aromatic nitrogens is 2. The lowest BCUT2D eigenvalue weighted by molar-refractivity contribution is 0.822. The van der Waals surface area contributed by atoms with Gasteiger partial charge < -0.3 is 9.13 Å². The number of benzene rings is 6. The zero-order chi connectivity index (χ0) is 29.0. The quantitative estimate of drug-likeness (QED) is 0.202. The molecule has 2 nitrogen and oxygen atoms in total. The van der Waals surface area contributed by atoms with Gasteiger partial charge in [-0.3, -0.25) is 0 Å². The van der Waals surface area contributed by atoms with Crippen molar-refractivity contribution in [3.63, 3.8) is 0 Å². The molecule has 44 heavy (non-hydrogen) atoms. The minimum Gasteiger partial charge on any atom is -0.313 e. The molecule has 9 rings (SSSR count). The smallest absolute Gasteiger partial charge is 0.0537 e. The van der Waals surface area contributed by atoms with Crippen molar-refractivity contribution in [1.29, 1.82) is 0 Å². The predicted octanol–water partition coefficient (Wildman–Crippen LogP) is 10.7. The van der Waals surface area contributed by atoms with Crippen LogP contribution in [0.15, 0.2) is 158 Å². The lowest BCUT2D eigenvalue weighted by Gasteiger charge is -2.20. The Balaban J connectivity index is 1.29. The Hall–Kier alpha value is -5.60. The standard InChI is InChI=1S/C42H30N2/c1-3-13-29(14-4-1)31-17-11-19-33(27-31)43-37-23-9-7-21-35(37)41-39(43)25-26-40-42(41)36-22-8-10-24-38(36)44(40)34-20-12-18-32(28-34)30-15-5-2-6-16-30/h1-24,27-28H,25-26H2. The average Bonchev–Trinajstić information content (AvgIpc) is 3.62. The third kappa shape index (κ3) is 3.81. The third-order valence-electron chi connectivity index (χ3n) is 9.22. The largest absolute Gasteiger partial charge is 0.313 e. The minimum atomic E-state index is 0.973. The molecule has 0 bridgehead atoms. The zero-order valence-electron chi connectivity index (χ0n) is 24.3. The Bertz CT molecular complexity index is 2150. The highest BCUT2D eigenvalue weighted by Gasteiger charge is 2.30. The van der Waals surface area contributed by atoms with Gasteiger partial charge in [-0.1, -0.05) is 121 Å². The fraction of sp³-hybridized carbons (Fsp3) is 0.0476. The molecular formula is C42H30N2. The van der Waals surface area contributed by atoms with Gasteiger partial charge in [-0.05, 0) is 71.5 Å². The number of nitrogens with zero attached hydrogens (tertiary/aromatic N) is 2. The van der Waals surface area contributed by atoms with Crippen LogP contribution in [0, 0.1) is 0 Å². The fourth-order valence-electron chi connectivity index (χ4n) is 7.35. The van der Waals surface area contributed by atoms with Crippen LogP contribution >= 0.6 is 0 Å². The van der Waals surface area contributed by atoms with Crippen LogP contribution in [0.2, 0.25) is 0 Å². The van der Waals surface area contributed by atoms with Gasteiger partial charge in [-0.25, -0.2) is 0 Å². The van der Waals surface area contributed by atoms with Crippen molar-refractivity contribution >= 4 is 21.8 Å². The number of hydrogen-bond donors (Lipinski definition) is 0. The van der Waals surface area contributed by atoms with Gasteiger partial charge >= 0.3 is 0 Å². The average molecular weight is 563 g/mol. The van der Waals surface area contributed by atoms with Crippen molar-refractivity contribution in [2.45, 2.75) is 12.8 Å². The Morgan fingerprint density at radius 1 is 0.341 bits per heavy atom. The second kappa shape index (κ2) is 10.00. The van der Waals surface area contributed by atoms with Crippen LogP contribution in [-0.2, 0) is 12.8 Å². The van der Waals surface area contributed by atoms with Crippen molar-refractivity contribution in [3.05, 3.63) is 169 Å². The van der Waals surface area contributed by atoms with E-state index in [0.29, 0.717) is 0 Å². The van der Waals surface area contributed by atoms with E-state index >= 15 is 0 Å². The van der Waals surface area contributed by atoms with Crippen LogP contribution in [0.1, 0.15) is 11.4 Å². The van der Waals surface area contributed by atoms with Crippen molar-refractivity contribution < 1.29 is 0 Å². The summed E-state index contributed by atoms with van der Waals surface area (Å²) in [6, 6.07) is 57.3. The highest BCUT2D eigenvalue weighted by molar-refractivity contribution is 6.09. The van der Waals surface area contributed by atoms with Crippen molar-refractivity contribution in [2.75, 3.05) is 0 Å². The summed E-state index contributed by atoms with van der Waals surface area (Å²) >= 11 is 0. The third-order valence-corrected chi connectivity index (χ3v) is 9.22. The molecule has 1 aliphatic carbocycles. The molecule has 8 aromatic rings. The second-order valence-electron chi connectivity index (χ2n) is 11.7. The Morgan fingerprint density at radius 3 is 1.18 bits per heavy atom. The molecule has 0 atom stereocenters. The number of hydrogen-bond acceptors (Lipinski definition) is 0. The molecule has 0 saturated carbocycles. The van der Waals surface area contributed by atoms with E-state index in [2.05, 4.69) is 167 Å². The lowest BCUT2D eigenvalue weighted by atomic mass is 9.91. The molecule has 2 heterocycles. The van der Waals surface area contributed by atoms with E-state index in [4.69, 9.17) is 0 Å². The SMILES string of the molecule is c1ccc(-c2cccc(-n3c4c(c5ccccc53)-c3c(n(-c5cccc(-c6ccccc6)c5)c5ccccc35)CC4)c2)cc1. The molecule has 0 aliphatic heterocycles. The van der Waals surface area contributed by atoms with Crippen LogP contribution in [-0.4, -0.2) is 9.13 Å². The molecule has 2 aromatic heterocycles. The van der Waals surface area contributed by atoms with E-state index < -0.39 is 0 Å². The van der Waals surface area contributed by atoms with Crippen LogP contribution < -0.4 is 0 Å². The molecule has 0 saturated heterocycles. The molecule has 0 spiro atoms. The van der Waals surface area contributed by atoms with Gasteiger partial charge in [0, 0.05) is 44.7 Å². The number of fused-ring (bicyclic) bond motifs is 7. The van der Waals surface area contributed by atoms with E-state index in [0.717, 1.165) is 12.8 Å². The maximum Gasteiger partial charge on any atom is 0.0537 e. The van der Waals surface area contributed by atoms with Gasteiger partial charge in [-0.15, -0.1) is 0 Å². The van der Waals surface area contributed by atoms with Crippen LogP contribution in [0.3, 0.4) is 0 Å². The maximum absolute atomic E-state index is 2.52. The first-order valence-electron chi connectivity index (χ1n) is 15.4. The molecule has 2 heteroatoms. The summed E-state index contributed by atoms with van der Waals surface area (Å²) in [6.07, 6.45) is 1.95. The summed E-state index contributed by atoms with van der Waals surface area (Å²) in [5.41, 5.74) is 15.4. The maximum atomic E-state index is 2.52. The van der Waals surface area contributed by atoms with Gasteiger partial charge in [0.1, 0.15) is 0 Å².